The van der Waals surface area contributed by atoms with Gasteiger partial charge in [-0.3, -0.25) is 9.59 Å². The first-order valence-corrected chi connectivity index (χ1v) is 9.49. The summed E-state index contributed by atoms with van der Waals surface area (Å²) >= 11 is 0. The number of benzene rings is 2. The normalized spacial score (nSPS) is 15.9. The SMILES string of the molecule is COc1ccccc1C(=O)N(Cc1ccc(C(=O)NC2CC2)cc1)C1CC1. The number of para-hydroxylation sites is 1. The molecule has 5 heteroatoms. The summed E-state index contributed by atoms with van der Waals surface area (Å²) in [5, 5.41) is 2.99. The third kappa shape index (κ3) is 4.13. The van der Waals surface area contributed by atoms with E-state index in [1.54, 1.807) is 7.11 Å². The molecule has 0 spiro atoms. The Balaban J connectivity index is 1.48. The van der Waals surface area contributed by atoms with Gasteiger partial charge in [0.15, 0.2) is 0 Å². The zero-order chi connectivity index (χ0) is 18.8. The number of nitrogens with zero attached hydrogens (tertiary/aromatic N) is 1. The Labute approximate surface area is 159 Å². The minimum absolute atomic E-state index is 0.00879. The number of carbonyl (C=O) groups excluding carboxylic acids is 2. The molecule has 2 fully saturated rings. The molecule has 0 heterocycles. The van der Waals surface area contributed by atoms with Crippen LogP contribution in [0.3, 0.4) is 0 Å². The van der Waals surface area contributed by atoms with E-state index in [0.29, 0.717) is 29.5 Å². The van der Waals surface area contributed by atoms with Gasteiger partial charge in [-0.25, -0.2) is 0 Å². The fraction of sp³-hybridized carbons (Fsp3) is 0.364. The number of methoxy groups -OCH3 is 1. The van der Waals surface area contributed by atoms with Crippen molar-refractivity contribution in [3.63, 3.8) is 0 Å². The fourth-order valence-corrected chi connectivity index (χ4v) is 3.18. The van der Waals surface area contributed by atoms with Gasteiger partial charge in [-0.15, -0.1) is 0 Å². The van der Waals surface area contributed by atoms with Crippen LogP contribution in [0.25, 0.3) is 0 Å². The highest BCUT2D eigenvalue weighted by Crippen LogP contribution is 2.31. The molecular weight excluding hydrogens is 340 g/mol. The van der Waals surface area contributed by atoms with Gasteiger partial charge in [0.1, 0.15) is 5.75 Å². The van der Waals surface area contributed by atoms with E-state index in [9.17, 15) is 9.59 Å². The summed E-state index contributed by atoms with van der Waals surface area (Å²) in [6, 6.07) is 15.5. The number of hydrogen-bond donors (Lipinski definition) is 1. The number of carbonyl (C=O) groups is 2. The van der Waals surface area contributed by atoms with Crippen molar-refractivity contribution in [2.75, 3.05) is 7.11 Å². The topological polar surface area (TPSA) is 58.6 Å². The summed E-state index contributed by atoms with van der Waals surface area (Å²) in [5.41, 5.74) is 2.28. The molecule has 2 aromatic carbocycles. The minimum atomic E-state index is -0.0202. The molecule has 2 aliphatic rings. The predicted molar refractivity (Wildman–Crippen MR) is 103 cm³/mol. The van der Waals surface area contributed by atoms with E-state index >= 15 is 0 Å². The number of nitrogens with one attached hydrogen (secondary N) is 1. The van der Waals surface area contributed by atoms with Crippen molar-refractivity contribution in [1.29, 1.82) is 0 Å². The van der Waals surface area contributed by atoms with E-state index in [1.165, 1.54) is 0 Å². The lowest BCUT2D eigenvalue weighted by Gasteiger charge is -2.23. The van der Waals surface area contributed by atoms with Crippen molar-refractivity contribution >= 4 is 11.8 Å². The standard InChI is InChI=1S/C22H24N2O3/c1-27-20-5-3-2-4-19(20)22(26)24(18-12-13-18)14-15-6-8-16(9-7-15)21(25)23-17-10-11-17/h2-9,17-18H,10-14H2,1H3,(H,23,25). The maximum Gasteiger partial charge on any atom is 0.258 e. The van der Waals surface area contributed by atoms with E-state index in [0.717, 1.165) is 31.2 Å². The molecule has 0 bridgehead atoms. The van der Waals surface area contributed by atoms with Gasteiger partial charge in [-0.05, 0) is 55.5 Å². The van der Waals surface area contributed by atoms with Gasteiger partial charge >= 0.3 is 0 Å². The summed E-state index contributed by atoms with van der Waals surface area (Å²) in [6.07, 6.45) is 4.21. The molecule has 0 unspecified atom stereocenters. The highest BCUT2D eigenvalue weighted by molar-refractivity contribution is 5.97. The second-order valence-electron chi connectivity index (χ2n) is 7.31. The lowest BCUT2D eigenvalue weighted by Crippen LogP contribution is -2.33. The van der Waals surface area contributed by atoms with Gasteiger partial charge < -0.3 is 15.0 Å². The molecule has 2 saturated carbocycles. The van der Waals surface area contributed by atoms with Crippen LogP contribution in [0.2, 0.25) is 0 Å². The quantitative estimate of drug-likeness (QED) is 0.819. The Bertz CT molecular complexity index is 839. The maximum atomic E-state index is 13.1. The molecule has 2 amide bonds. The first-order valence-electron chi connectivity index (χ1n) is 9.49. The van der Waals surface area contributed by atoms with Crippen LogP contribution in [0.15, 0.2) is 48.5 Å². The Morgan fingerprint density at radius 1 is 1.04 bits per heavy atom. The monoisotopic (exact) mass is 364 g/mol. The molecule has 27 heavy (non-hydrogen) atoms. The van der Waals surface area contributed by atoms with Crippen molar-refractivity contribution in [2.24, 2.45) is 0 Å². The summed E-state index contributed by atoms with van der Waals surface area (Å²) in [4.78, 5) is 27.1. The van der Waals surface area contributed by atoms with E-state index < -0.39 is 0 Å². The summed E-state index contributed by atoms with van der Waals surface area (Å²) in [7, 11) is 1.58. The largest absolute Gasteiger partial charge is 0.496 e. The average molecular weight is 364 g/mol. The van der Waals surface area contributed by atoms with Gasteiger partial charge in [-0.2, -0.15) is 0 Å². The first kappa shape index (κ1) is 17.6. The lowest BCUT2D eigenvalue weighted by atomic mass is 10.1. The molecule has 0 aromatic heterocycles. The second-order valence-corrected chi connectivity index (χ2v) is 7.31. The Morgan fingerprint density at radius 3 is 2.37 bits per heavy atom. The summed E-state index contributed by atoms with van der Waals surface area (Å²) < 4.78 is 5.35. The third-order valence-corrected chi connectivity index (χ3v) is 5.07. The van der Waals surface area contributed by atoms with Crippen LogP contribution in [0.4, 0.5) is 0 Å². The predicted octanol–water partition coefficient (Wildman–Crippen LogP) is 3.39. The zero-order valence-electron chi connectivity index (χ0n) is 15.5. The third-order valence-electron chi connectivity index (χ3n) is 5.07. The van der Waals surface area contributed by atoms with E-state index in [1.807, 2.05) is 53.4 Å². The summed E-state index contributed by atoms with van der Waals surface area (Å²) in [5.74, 6) is 0.568. The minimum Gasteiger partial charge on any atom is -0.496 e. The average Bonchev–Trinajstić information content (AvgIpc) is 3.61. The number of amides is 2. The molecule has 2 aliphatic carbocycles. The van der Waals surface area contributed by atoms with Crippen LogP contribution in [0.5, 0.6) is 5.75 Å². The van der Waals surface area contributed by atoms with Crippen molar-refractivity contribution in [3.8, 4) is 5.75 Å². The highest BCUT2D eigenvalue weighted by Gasteiger charge is 2.34. The zero-order valence-corrected chi connectivity index (χ0v) is 15.5. The van der Waals surface area contributed by atoms with Gasteiger partial charge in [-0.1, -0.05) is 24.3 Å². The van der Waals surface area contributed by atoms with Crippen LogP contribution in [-0.2, 0) is 6.54 Å². The Morgan fingerprint density at radius 2 is 1.74 bits per heavy atom. The van der Waals surface area contributed by atoms with E-state index in [2.05, 4.69) is 5.32 Å². The Kier molecular flexibility index (Phi) is 4.84. The second kappa shape index (κ2) is 7.43. The molecule has 140 valence electrons. The van der Waals surface area contributed by atoms with Gasteiger partial charge in [0.25, 0.3) is 11.8 Å². The van der Waals surface area contributed by atoms with Gasteiger partial charge in [0.05, 0.1) is 12.7 Å². The molecule has 1 N–H and O–H groups in total. The molecule has 5 nitrogen and oxygen atoms in total. The van der Waals surface area contributed by atoms with Crippen molar-refractivity contribution in [2.45, 2.75) is 44.3 Å². The molecule has 4 rings (SSSR count). The molecule has 0 saturated heterocycles. The summed E-state index contributed by atoms with van der Waals surface area (Å²) in [6.45, 7) is 0.534. The molecule has 0 radical (unpaired) electrons. The highest BCUT2D eigenvalue weighted by atomic mass is 16.5. The van der Waals surface area contributed by atoms with Crippen LogP contribution in [0, 0.1) is 0 Å². The van der Waals surface area contributed by atoms with Gasteiger partial charge in [0, 0.05) is 24.2 Å². The van der Waals surface area contributed by atoms with E-state index in [-0.39, 0.29) is 17.9 Å². The number of hydrogen-bond acceptors (Lipinski definition) is 3. The molecular formula is C22H24N2O3. The first-order chi connectivity index (χ1) is 13.2. The fourth-order valence-electron chi connectivity index (χ4n) is 3.18. The molecule has 0 atom stereocenters. The van der Waals surface area contributed by atoms with Crippen LogP contribution < -0.4 is 10.1 Å². The van der Waals surface area contributed by atoms with Crippen molar-refractivity contribution < 1.29 is 14.3 Å². The van der Waals surface area contributed by atoms with Crippen LogP contribution >= 0.6 is 0 Å². The Hall–Kier alpha value is -2.82. The maximum absolute atomic E-state index is 13.1. The lowest BCUT2D eigenvalue weighted by molar-refractivity contribution is 0.0726. The van der Waals surface area contributed by atoms with Crippen LogP contribution in [0.1, 0.15) is 52.0 Å². The van der Waals surface area contributed by atoms with Crippen molar-refractivity contribution in [3.05, 3.63) is 65.2 Å². The van der Waals surface area contributed by atoms with E-state index in [4.69, 9.17) is 4.74 Å². The van der Waals surface area contributed by atoms with Crippen molar-refractivity contribution in [1.82, 2.24) is 10.2 Å². The molecule has 2 aromatic rings. The van der Waals surface area contributed by atoms with Gasteiger partial charge in [0.2, 0.25) is 0 Å². The molecule has 0 aliphatic heterocycles. The number of rotatable bonds is 7. The smallest absolute Gasteiger partial charge is 0.258 e. The number of ether oxygens (including phenoxy) is 1. The van der Waals surface area contributed by atoms with Crippen LogP contribution in [-0.4, -0.2) is 35.9 Å².